The summed E-state index contributed by atoms with van der Waals surface area (Å²) < 4.78 is 0. The summed E-state index contributed by atoms with van der Waals surface area (Å²) in [6.07, 6.45) is 0. The molecule has 0 spiro atoms. The van der Waals surface area contributed by atoms with Crippen LogP contribution in [0, 0.1) is 20.8 Å². The Labute approximate surface area is 122 Å². The second-order valence-electron chi connectivity index (χ2n) is 5.78. The molecule has 2 aromatic rings. The third-order valence-electron chi connectivity index (χ3n) is 3.82. The summed E-state index contributed by atoms with van der Waals surface area (Å²) in [6.45, 7) is 8.45. The average Bonchev–Trinajstić information content (AvgIpc) is 2.39. The second kappa shape index (κ2) is 6.10. The van der Waals surface area contributed by atoms with E-state index in [1.165, 1.54) is 27.8 Å². The molecule has 0 heterocycles. The van der Waals surface area contributed by atoms with E-state index in [4.69, 9.17) is 5.73 Å². The lowest BCUT2D eigenvalue weighted by molar-refractivity contribution is 0.318. The summed E-state index contributed by atoms with van der Waals surface area (Å²) >= 11 is 0. The van der Waals surface area contributed by atoms with Crippen LogP contribution in [0.5, 0.6) is 0 Å². The van der Waals surface area contributed by atoms with E-state index >= 15 is 0 Å². The van der Waals surface area contributed by atoms with E-state index in [-0.39, 0.29) is 0 Å². The molecule has 0 amide bonds. The van der Waals surface area contributed by atoms with Gasteiger partial charge in [0.2, 0.25) is 0 Å². The molecule has 0 aliphatic carbocycles. The summed E-state index contributed by atoms with van der Waals surface area (Å²) in [6, 6.07) is 12.7. The third kappa shape index (κ3) is 3.61. The second-order valence-corrected chi connectivity index (χ2v) is 5.78. The standard InChI is InChI=1S/C18H24N2/c1-13-9-15(3)17(10-14(13)2)12-20(4)11-16-5-7-18(19)8-6-16/h5-10H,11-12,19H2,1-4H3. The van der Waals surface area contributed by atoms with Crippen molar-refractivity contribution < 1.29 is 0 Å². The predicted octanol–water partition coefficient (Wildman–Crippen LogP) is 3.83. The number of anilines is 1. The molecule has 0 aliphatic heterocycles. The molecule has 0 radical (unpaired) electrons. The number of nitrogens with zero attached hydrogens (tertiary/aromatic N) is 1. The molecular formula is C18H24N2. The molecule has 0 bridgehead atoms. The Hall–Kier alpha value is -1.80. The molecule has 2 N–H and O–H groups in total. The lowest BCUT2D eigenvalue weighted by Gasteiger charge is -2.19. The first-order valence-electron chi connectivity index (χ1n) is 7.05. The Morgan fingerprint density at radius 2 is 1.45 bits per heavy atom. The van der Waals surface area contributed by atoms with E-state index in [2.05, 4.69) is 57.0 Å². The largest absolute Gasteiger partial charge is 0.399 e. The maximum Gasteiger partial charge on any atom is 0.0314 e. The fourth-order valence-corrected chi connectivity index (χ4v) is 2.47. The zero-order valence-corrected chi connectivity index (χ0v) is 12.9. The van der Waals surface area contributed by atoms with Crippen LogP contribution in [0.2, 0.25) is 0 Å². The number of nitrogens with two attached hydrogens (primary N) is 1. The summed E-state index contributed by atoms with van der Waals surface area (Å²) in [5.41, 5.74) is 13.3. The number of hydrogen-bond donors (Lipinski definition) is 1. The van der Waals surface area contributed by atoms with Crippen molar-refractivity contribution >= 4 is 5.69 Å². The highest BCUT2D eigenvalue weighted by Gasteiger charge is 2.06. The van der Waals surface area contributed by atoms with Gasteiger partial charge in [0.25, 0.3) is 0 Å². The fourth-order valence-electron chi connectivity index (χ4n) is 2.47. The molecule has 2 heteroatoms. The van der Waals surface area contributed by atoms with Gasteiger partial charge in [-0.3, -0.25) is 4.90 Å². The van der Waals surface area contributed by atoms with Gasteiger partial charge in [-0.2, -0.15) is 0 Å². The molecule has 0 fully saturated rings. The van der Waals surface area contributed by atoms with E-state index in [1.807, 2.05) is 12.1 Å². The van der Waals surface area contributed by atoms with Crippen molar-refractivity contribution in [3.8, 4) is 0 Å². The maximum absolute atomic E-state index is 5.72. The van der Waals surface area contributed by atoms with Crippen molar-refractivity contribution in [2.24, 2.45) is 0 Å². The average molecular weight is 268 g/mol. The van der Waals surface area contributed by atoms with Crippen LogP contribution < -0.4 is 5.73 Å². The number of hydrogen-bond acceptors (Lipinski definition) is 2. The van der Waals surface area contributed by atoms with Crippen molar-refractivity contribution in [3.05, 3.63) is 64.2 Å². The quantitative estimate of drug-likeness (QED) is 0.854. The van der Waals surface area contributed by atoms with Gasteiger partial charge >= 0.3 is 0 Å². The SMILES string of the molecule is Cc1cc(C)c(CN(C)Cc2ccc(N)cc2)cc1C. The summed E-state index contributed by atoms with van der Waals surface area (Å²) in [5, 5.41) is 0. The van der Waals surface area contributed by atoms with Crippen molar-refractivity contribution in [2.75, 3.05) is 12.8 Å². The van der Waals surface area contributed by atoms with Crippen molar-refractivity contribution in [1.29, 1.82) is 0 Å². The van der Waals surface area contributed by atoms with Crippen LogP contribution in [0.1, 0.15) is 27.8 Å². The van der Waals surface area contributed by atoms with Crippen molar-refractivity contribution in [3.63, 3.8) is 0 Å². The van der Waals surface area contributed by atoms with Gasteiger partial charge < -0.3 is 5.73 Å². The molecule has 0 unspecified atom stereocenters. The van der Waals surface area contributed by atoms with Gasteiger partial charge in [0, 0.05) is 18.8 Å². The molecule has 0 saturated heterocycles. The molecule has 0 aromatic heterocycles. The maximum atomic E-state index is 5.72. The Balaban J connectivity index is 2.06. The molecule has 0 saturated carbocycles. The smallest absolute Gasteiger partial charge is 0.0314 e. The van der Waals surface area contributed by atoms with Gasteiger partial charge in [-0.1, -0.05) is 24.3 Å². The Morgan fingerprint density at radius 3 is 2.10 bits per heavy atom. The Morgan fingerprint density at radius 1 is 0.850 bits per heavy atom. The predicted molar refractivity (Wildman–Crippen MR) is 86.7 cm³/mol. The van der Waals surface area contributed by atoms with E-state index in [9.17, 15) is 0 Å². The number of rotatable bonds is 4. The monoisotopic (exact) mass is 268 g/mol. The first kappa shape index (κ1) is 14.6. The molecular weight excluding hydrogens is 244 g/mol. The van der Waals surface area contributed by atoms with Gasteiger partial charge in [-0.05, 0) is 67.8 Å². The van der Waals surface area contributed by atoms with Gasteiger partial charge in [-0.15, -0.1) is 0 Å². The zero-order valence-electron chi connectivity index (χ0n) is 12.9. The molecule has 106 valence electrons. The fraction of sp³-hybridized carbons (Fsp3) is 0.333. The van der Waals surface area contributed by atoms with Gasteiger partial charge in [0.1, 0.15) is 0 Å². The minimum Gasteiger partial charge on any atom is -0.399 e. The Bertz CT molecular complexity index is 585. The van der Waals surface area contributed by atoms with Crippen molar-refractivity contribution in [2.45, 2.75) is 33.9 Å². The van der Waals surface area contributed by atoms with E-state index in [1.54, 1.807) is 0 Å². The third-order valence-corrected chi connectivity index (χ3v) is 3.82. The first-order chi connectivity index (χ1) is 9.45. The molecule has 2 aromatic carbocycles. The van der Waals surface area contributed by atoms with Crippen LogP contribution in [0.15, 0.2) is 36.4 Å². The number of nitrogen functional groups attached to an aromatic ring is 1. The normalized spacial score (nSPS) is 11.1. The molecule has 20 heavy (non-hydrogen) atoms. The minimum atomic E-state index is 0.821. The summed E-state index contributed by atoms with van der Waals surface area (Å²) in [7, 11) is 2.16. The topological polar surface area (TPSA) is 29.3 Å². The highest BCUT2D eigenvalue weighted by atomic mass is 15.1. The van der Waals surface area contributed by atoms with E-state index in [0.29, 0.717) is 0 Å². The van der Waals surface area contributed by atoms with E-state index in [0.717, 1.165) is 18.8 Å². The molecule has 0 aliphatic rings. The van der Waals surface area contributed by atoms with Crippen LogP contribution >= 0.6 is 0 Å². The Kier molecular flexibility index (Phi) is 4.46. The highest BCUT2D eigenvalue weighted by Crippen LogP contribution is 2.17. The minimum absolute atomic E-state index is 0.821. The molecule has 2 rings (SSSR count). The lowest BCUT2D eigenvalue weighted by atomic mass is 10.0. The van der Waals surface area contributed by atoms with Crippen molar-refractivity contribution in [1.82, 2.24) is 4.90 Å². The van der Waals surface area contributed by atoms with Gasteiger partial charge in [0.15, 0.2) is 0 Å². The zero-order chi connectivity index (χ0) is 14.7. The van der Waals surface area contributed by atoms with Crippen LogP contribution in [0.4, 0.5) is 5.69 Å². The summed E-state index contributed by atoms with van der Waals surface area (Å²) in [4.78, 5) is 2.34. The van der Waals surface area contributed by atoms with Gasteiger partial charge in [-0.25, -0.2) is 0 Å². The summed E-state index contributed by atoms with van der Waals surface area (Å²) in [5.74, 6) is 0. The van der Waals surface area contributed by atoms with Gasteiger partial charge in [0.05, 0.1) is 0 Å². The van der Waals surface area contributed by atoms with Crippen LogP contribution in [-0.4, -0.2) is 11.9 Å². The number of benzene rings is 2. The molecule has 2 nitrogen and oxygen atoms in total. The molecule has 0 atom stereocenters. The lowest BCUT2D eigenvalue weighted by Crippen LogP contribution is -2.18. The first-order valence-corrected chi connectivity index (χ1v) is 7.05. The van der Waals surface area contributed by atoms with Crippen LogP contribution in [0.25, 0.3) is 0 Å². The van der Waals surface area contributed by atoms with E-state index < -0.39 is 0 Å². The van der Waals surface area contributed by atoms with Crippen LogP contribution in [0.3, 0.4) is 0 Å². The van der Waals surface area contributed by atoms with Crippen LogP contribution in [-0.2, 0) is 13.1 Å². The number of aryl methyl sites for hydroxylation is 3. The highest BCUT2D eigenvalue weighted by molar-refractivity contribution is 5.39.